The third-order valence-electron chi connectivity index (χ3n) is 8.54. The minimum Gasteiger partial charge on any atom is -0.480 e. The zero-order valence-electron chi connectivity index (χ0n) is 31.0. The molecule has 55 heavy (non-hydrogen) atoms. The van der Waals surface area contributed by atoms with Crippen molar-refractivity contribution in [3.05, 3.63) is 0 Å². The van der Waals surface area contributed by atoms with E-state index in [-0.39, 0.29) is 25.3 Å². The van der Waals surface area contributed by atoms with E-state index in [1.165, 1.54) is 25.8 Å². The molecule has 0 aromatic rings. The molecule has 2 fully saturated rings. The van der Waals surface area contributed by atoms with E-state index in [1.807, 2.05) is 0 Å². The van der Waals surface area contributed by atoms with Crippen molar-refractivity contribution in [1.29, 1.82) is 0 Å². The lowest BCUT2D eigenvalue weighted by Gasteiger charge is -2.27. The van der Waals surface area contributed by atoms with E-state index in [0.29, 0.717) is 25.8 Å². The van der Waals surface area contributed by atoms with Crippen LogP contribution in [0.5, 0.6) is 0 Å². The Bertz CT molecular complexity index is 1490. The van der Waals surface area contributed by atoms with Crippen molar-refractivity contribution in [2.24, 2.45) is 5.73 Å². The van der Waals surface area contributed by atoms with Crippen LogP contribution < -0.4 is 48.3 Å². The number of primary amides is 1. The number of nitrogens with one attached hydrogen (secondary N) is 8. The van der Waals surface area contributed by atoms with Crippen LogP contribution in [0.25, 0.3) is 0 Å². The molecular weight excluding hydrogens is 730 g/mol. The van der Waals surface area contributed by atoms with E-state index in [0.717, 1.165) is 11.3 Å². The molecule has 2 saturated heterocycles. The molecule has 0 aromatic heterocycles. The van der Waals surface area contributed by atoms with Crippen molar-refractivity contribution < 1.29 is 57.8 Å². The third-order valence-corrected chi connectivity index (χ3v) is 8.54. The second-order valence-corrected chi connectivity index (χ2v) is 13.1. The Kier molecular flexibility index (Phi) is 18.4. The number of carbonyl (C=O) groups excluding carboxylic acids is 10. The van der Waals surface area contributed by atoms with Gasteiger partial charge in [-0.05, 0) is 52.5 Å². The highest BCUT2D eigenvalue weighted by Gasteiger charge is 2.35. The summed E-state index contributed by atoms with van der Waals surface area (Å²) in [7, 11) is 1.32. The molecule has 23 nitrogen and oxygen atoms in total. The first-order valence-corrected chi connectivity index (χ1v) is 17.7. The zero-order valence-corrected chi connectivity index (χ0v) is 31.0. The zero-order chi connectivity index (χ0) is 41.2. The maximum Gasteiger partial charge on any atom is 0.322 e. The predicted molar refractivity (Wildman–Crippen MR) is 189 cm³/mol. The Hall–Kier alpha value is -5.87. The Morgan fingerprint density at radius 3 is 2.04 bits per heavy atom. The molecule has 0 aromatic carbocycles. The molecule has 2 rings (SSSR count). The number of carboxylic acid groups (broad SMARTS) is 1. The Morgan fingerprint density at radius 2 is 1.40 bits per heavy atom. The molecule has 5 atom stereocenters. The van der Waals surface area contributed by atoms with Gasteiger partial charge in [-0.3, -0.25) is 52.7 Å². The van der Waals surface area contributed by atoms with Crippen molar-refractivity contribution in [2.45, 2.75) is 82.6 Å². The van der Waals surface area contributed by atoms with Gasteiger partial charge in [-0.15, -0.1) is 0 Å². The Balaban J connectivity index is 1.75. The van der Waals surface area contributed by atoms with Crippen LogP contribution in [0.4, 0.5) is 0 Å². The lowest BCUT2D eigenvalue weighted by atomic mass is 10.1. The van der Waals surface area contributed by atoms with E-state index in [2.05, 4.69) is 42.5 Å². The fourth-order valence-electron chi connectivity index (χ4n) is 5.62. The predicted octanol–water partition coefficient (Wildman–Crippen LogP) is -6.50. The SMILES string of the molecule is CC(NC(=O)CNC(=O)CNC(=O)[C@H](C)NC(=O)C(CCC(N)=O)NC(=O)CNC(=O)C1CCCN1)C(=O)N(C)CC(=O)N1CCCC1C(=O)NCC(=O)O. The summed E-state index contributed by atoms with van der Waals surface area (Å²) in [5.74, 6) is -8.09. The molecule has 306 valence electrons. The van der Waals surface area contributed by atoms with Gasteiger partial charge in [0.05, 0.1) is 32.2 Å². The van der Waals surface area contributed by atoms with Gasteiger partial charge in [-0.1, -0.05) is 0 Å². The van der Waals surface area contributed by atoms with Crippen LogP contribution in [0.3, 0.4) is 0 Å². The summed E-state index contributed by atoms with van der Waals surface area (Å²) in [6.07, 6.45) is 1.81. The summed E-state index contributed by atoms with van der Waals surface area (Å²) in [4.78, 5) is 137. The fourth-order valence-corrected chi connectivity index (χ4v) is 5.62. The number of carbonyl (C=O) groups is 11. The van der Waals surface area contributed by atoms with Crippen LogP contribution in [-0.2, 0) is 52.7 Å². The number of nitrogens with zero attached hydrogens (tertiary/aromatic N) is 2. The van der Waals surface area contributed by atoms with Crippen LogP contribution in [0.2, 0.25) is 0 Å². The lowest BCUT2D eigenvalue weighted by Crippen LogP contribution is -2.55. The van der Waals surface area contributed by atoms with Crippen LogP contribution in [-0.4, -0.2) is 163 Å². The number of nitrogens with two attached hydrogens (primary N) is 1. The topological polar surface area (TPSA) is 337 Å². The minimum atomic E-state index is -1.28. The van der Waals surface area contributed by atoms with Crippen molar-refractivity contribution in [3.8, 4) is 0 Å². The number of aliphatic carboxylic acids is 1. The van der Waals surface area contributed by atoms with Gasteiger partial charge < -0.3 is 63.2 Å². The highest BCUT2D eigenvalue weighted by Crippen LogP contribution is 2.18. The van der Waals surface area contributed by atoms with Crippen LogP contribution in [0, 0.1) is 0 Å². The highest BCUT2D eigenvalue weighted by atomic mass is 16.4. The van der Waals surface area contributed by atoms with Crippen LogP contribution >= 0.6 is 0 Å². The second kappa shape index (κ2) is 22.4. The molecule has 0 saturated carbocycles. The smallest absolute Gasteiger partial charge is 0.322 e. The van der Waals surface area contributed by atoms with E-state index in [9.17, 15) is 52.7 Å². The van der Waals surface area contributed by atoms with E-state index in [1.54, 1.807) is 0 Å². The highest BCUT2D eigenvalue weighted by molar-refractivity contribution is 5.96. The van der Waals surface area contributed by atoms with Gasteiger partial charge in [0.2, 0.25) is 59.1 Å². The summed E-state index contributed by atoms with van der Waals surface area (Å²) < 4.78 is 0. The summed E-state index contributed by atoms with van der Waals surface area (Å²) in [6.45, 7) is 0.931. The number of hydrogen-bond donors (Lipinski definition) is 10. The van der Waals surface area contributed by atoms with Crippen molar-refractivity contribution in [3.63, 3.8) is 0 Å². The van der Waals surface area contributed by atoms with Crippen LogP contribution in [0.15, 0.2) is 0 Å². The van der Waals surface area contributed by atoms with Gasteiger partial charge in [0.15, 0.2) is 0 Å². The van der Waals surface area contributed by atoms with Crippen LogP contribution in [0.1, 0.15) is 52.4 Å². The van der Waals surface area contributed by atoms with Gasteiger partial charge in [0.1, 0.15) is 30.7 Å². The summed E-state index contributed by atoms with van der Waals surface area (Å²) >= 11 is 0. The van der Waals surface area contributed by atoms with Gasteiger partial charge in [-0.2, -0.15) is 0 Å². The fraction of sp³-hybridized carbons (Fsp3) is 0.656. The number of amides is 10. The molecule has 23 heteroatoms. The number of hydrogen-bond acceptors (Lipinski definition) is 12. The first-order valence-electron chi connectivity index (χ1n) is 17.7. The first-order chi connectivity index (χ1) is 25.9. The van der Waals surface area contributed by atoms with Crippen molar-refractivity contribution in [2.75, 3.05) is 52.9 Å². The van der Waals surface area contributed by atoms with Crippen molar-refractivity contribution in [1.82, 2.24) is 52.3 Å². The van der Waals surface area contributed by atoms with Gasteiger partial charge >= 0.3 is 5.97 Å². The largest absolute Gasteiger partial charge is 0.480 e. The molecule has 0 bridgehead atoms. The molecule has 10 amide bonds. The molecule has 0 radical (unpaired) electrons. The number of rotatable bonds is 21. The summed E-state index contributed by atoms with van der Waals surface area (Å²) in [5, 5.41) is 28.1. The maximum atomic E-state index is 12.9. The van der Waals surface area contributed by atoms with Gasteiger partial charge in [0.25, 0.3) is 0 Å². The molecular formula is C32H51N11O12. The van der Waals surface area contributed by atoms with Gasteiger partial charge in [0, 0.05) is 20.0 Å². The van der Waals surface area contributed by atoms with Gasteiger partial charge in [-0.25, -0.2) is 0 Å². The number of likely N-dealkylation sites (N-methyl/N-ethyl adjacent to an activating group) is 1. The molecule has 0 spiro atoms. The van der Waals surface area contributed by atoms with E-state index >= 15 is 0 Å². The normalized spacial score (nSPS) is 17.7. The average molecular weight is 782 g/mol. The lowest BCUT2D eigenvalue weighted by molar-refractivity contribution is -0.144. The summed E-state index contributed by atoms with van der Waals surface area (Å²) in [6, 6.07) is -4.92. The number of carboxylic acids is 1. The quantitative estimate of drug-likeness (QED) is 0.0519. The molecule has 2 aliphatic heterocycles. The molecule has 2 heterocycles. The van der Waals surface area contributed by atoms with E-state index in [4.69, 9.17) is 10.8 Å². The first kappa shape index (κ1) is 45.3. The summed E-state index contributed by atoms with van der Waals surface area (Å²) in [5.41, 5.74) is 5.18. The Morgan fingerprint density at radius 1 is 0.764 bits per heavy atom. The standard InChI is InChI=1S/C32H51N11O12/c1-17(40-30(53)20(8-9-22(33)44)41-25(47)14-37-29(52)19-6-4-10-34-19)28(51)36-12-23(45)35-13-24(46)39-18(2)32(55)42(3)16-26(48)43-11-5-7-21(43)31(54)38-15-27(49)50/h17-21,34H,4-16H2,1-3H3,(H2,33,44)(H,35,45)(H,36,51)(H,37,52)(H,38,54)(H,39,46)(H,40,53)(H,41,47)(H,49,50)/t17-,18?,19?,20?,21?/m0/s1. The molecule has 2 aliphatic rings. The van der Waals surface area contributed by atoms with E-state index < -0.39 is 122 Å². The minimum absolute atomic E-state index is 0.195. The molecule has 4 unspecified atom stereocenters. The molecule has 11 N–H and O–H groups in total. The maximum absolute atomic E-state index is 12.9. The Labute approximate surface area is 316 Å². The monoisotopic (exact) mass is 781 g/mol. The number of likely N-dealkylation sites (tertiary alicyclic amines) is 1. The second-order valence-electron chi connectivity index (χ2n) is 13.1. The average Bonchev–Trinajstić information content (AvgIpc) is 3.86. The molecule has 0 aliphatic carbocycles. The van der Waals surface area contributed by atoms with Crippen molar-refractivity contribution >= 4 is 65.0 Å². The third kappa shape index (κ3) is 16.0.